The average Bonchev–Trinajstić information content (AvgIpc) is 2.61. The fourth-order valence-electron chi connectivity index (χ4n) is 3.00. The smallest absolute Gasteiger partial charge is 0.251 e. The van der Waals surface area contributed by atoms with Crippen LogP contribution in [0.2, 0.25) is 0 Å². The number of rotatable bonds is 5. The van der Waals surface area contributed by atoms with E-state index in [1.807, 2.05) is 68.4 Å². The van der Waals surface area contributed by atoms with E-state index in [0.29, 0.717) is 12.0 Å². The minimum atomic E-state index is -0.120. The molecule has 0 aliphatic rings. The highest BCUT2D eigenvalue weighted by atomic mass is 16.1. The molecule has 1 unspecified atom stereocenters. The highest BCUT2D eigenvalue weighted by Crippen LogP contribution is 2.16. The number of carbonyl (C=O) groups excluding carboxylic acids is 1. The average molecular weight is 334 g/mol. The third kappa shape index (κ3) is 3.97. The molecule has 1 amide bonds. The van der Waals surface area contributed by atoms with Crippen molar-refractivity contribution in [2.75, 3.05) is 0 Å². The molecule has 1 aromatic heterocycles. The van der Waals surface area contributed by atoms with Gasteiger partial charge in [-0.3, -0.25) is 9.59 Å². The zero-order valence-electron chi connectivity index (χ0n) is 14.5. The van der Waals surface area contributed by atoms with Crippen LogP contribution in [0, 0.1) is 6.92 Å². The molecule has 2 N–H and O–H groups in total. The second-order valence-electron chi connectivity index (χ2n) is 6.36. The van der Waals surface area contributed by atoms with Gasteiger partial charge in [-0.1, -0.05) is 48.5 Å². The molecule has 4 heteroatoms. The number of benzene rings is 2. The fraction of sp³-hybridized carbons (Fsp3) is 0.238. The minimum absolute atomic E-state index is 0.0498. The number of hydrogen-bond donors (Lipinski definition) is 2. The standard InChI is InChI=1S/C21H22N2O2/c1-14-7-6-10-17-13-18(21(25)23-20(14)17)11-12-19(24)22-15(2)16-8-4-3-5-9-16/h3-10,13,15H,11-12H2,1-2H3,(H,22,24)(H,23,25). The summed E-state index contributed by atoms with van der Waals surface area (Å²) >= 11 is 0. The number of aryl methyl sites for hydroxylation is 2. The summed E-state index contributed by atoms with van der Waals surface area (Å²) in [6.07, 6.45) is 0.712. The number of aromatic nitrogens is 1. The summed E-state index contributed by atoms with van der Waals surface area (Å²) in [5.74, 6) is -0.0555. The van der Waals surface area contributed by atoms with Crippen molar-refractivity contribution in [2.45, 2.75) is 32.7 Å². The number of amides is 1. The van der Waals surface area contributed by atoms with Crippen molar-refractivity contribution in [3.63, 3.8) is 0 Å². The van der Waals surface area contributed by atoms with Gasteiger partial charge < -0.3 is 10.3 Å². The third-order valence-electron chi connectivity index (χ3n) is 4.46. The maximum absolute atomic E-state index is 12.3. The molecular formula is C21H22N2O2. The van der Waals surface area contributed by atoms with Crippen molar-refractivity contribution in [3.05, 3.63) is 81.6 Å². The lowest BCUT2D eigenvalue weighted by Gasteiger charge is -2.14. The van der Waals surface area contributed by atoms with Gasteiger partial charge in [-0.2, -0.15) is 0 Å². The monoisotopic (exact) mass is 334 g/mol. The molecule has 4 nitrogen and oxygen atoms in total. The molecule has 128 valence electrons. The topological polar surface area (TPSA) is 62.0 Å². The molecule has 1 atom stereocenters. The van der Waals surface area contributed by atoms with Gasteiger partial charge in [-0.15, -0.1) is 0 Å². The van der Waals surface area contributed by atoms with Crippen molar-refractivity contribution in [1.29, 1.82) is 0 Å². The van der Waals surface area contributed by atoms with Crippen LogP contribution in [0.25, 0.3) is 10.9 Å². The van der Waals surface area contributed by atoms with Crippen LogP contribution in [0.1, 0.15) is 36.1 Å². The Balaban J connectivity index is 1.67. The van der Waals surface area contributed by atoms with E-state index >= 15 is 0 Å². The molecule has 2 aromatic carbocycles. The summed E-state index contributed by atoms with van der Waals surface area (Å²) in [4.78, 5) is 27.4. The summed E-state index contributed by atoms with van der Waals surface area (Å²) < 4.78 is 0. The number of hydrogen-bond acceptors (Lipinski definition) is 2. The summed E-state index contributed by atoms with van der Waals surface area (Å²) in [6.45, 7) is 3.93. The Labute approximate surface area is 146 Å². The number of carbonyl (C=O) groups is 1. The molecule has 25 heavy (non-hydrogen) atoms. The second-order valence-corrected chi connectivity index (χ2v) is 6.36. The molecule has 1 heterocycles. The van der Waals surface area contributed by atoms with Gasteiger partial charge in [0.15, 0.2) is 0 Å². The zero-order chi connectivity index (χ0) is 17.8. The van der Waals surface area contributed by atoms with Crippen LogP contribution < -0.4 is 10.9 Å². The number of para-hydroxylation sites is 1. The Bertz CT molecular complexity index is 945. The predicted octanol–water partition coefficient (Wildman–Crippen LogP) is 3.65. The number of pyridine rings is 1. The number of nitrogens with one attached hydrogen (secondary N) is 2. The first-order valence-corrected chi connectivity index (χ1v) is 8.50. The van der Waals surface area contributed by atoms with Gasteiger partial charge in [0.05, 0.1) is 11.6 Å². The van der Waals surface area contributed by atoms with E-state index in [0.717, 1.165) is 22.0 Å². The molecular weight excluding hydrogens is 312 g/mol. The largest absolute Gasteiger partial charge is 0.350 e. The maximum atomic E-state index is 12.3. The fourth-order valence-corrected chi connectivity index (χ4v) is 3.00. The second kappa shape index (κ2) is 7.34. The highest BCUT2D eigenvalue weighted by molar-refractivity contribution is 5.82. The van der Waals surface area contributed by atoms with Crippen LogP contribution in [0.5, 0.6) is 0 Å². The molecule has 0 saturated heterocycles. The van der Waals surface area contributed by atoms with E-state index in [-0.39, 0.29) is 23.9 Å². The summed E-state index contributed by atoms with van der Waals surface area (Å²) in [5.41, 5.74) is 3.48. The van der Waals surface area contributed by atoms with E-state index in [4.69, 9.17) is 0 Å². The Morgan fingerprint density at radius 3 is 2.64 bits per heavy atom. The van der Waals surface area contributed by atoms with Crippen LogP contribution in [-0.2, 0) is 11.2 Å². The Hall–Kier alpha value is -2.88. The van der Waals surface area contributed by atoms with Gasteiger partial charge in [0.1, 0.15) is 0 Å². The molecule has 3 rings (SSSR count). The molecule has 0 radical (unpaired) electrons. The van der Waals surface area contributed by atoms with E-state index in [1.165, 1.54) is 0 Å². The third-order valence-corrected chi connectivity index (χ3v) is 4.46. The molecule has 0 bridgehead atoms. The van der Waals surface area contributed by atoms with Crippen molar-refractivity contribution in [1.82, 2.24) is 10.3 Å². The number of H-pyrrole nitrogens is 1. The van der Waals surface area contributed by atoms with Gasteiger partial charge in [0, 0.05) is 12.0 Å². The maximum Gasteiger partial charge on any atom is 0.251 e. The van der Waals surface area contributed by atoms with E-state index < -0.39 is 0 Å². The van der Waals surface area contributed by atoms with Crippen molar-refractivity contribution in [2.24, 2.45) is 0 Å². The van der Waals surface area contributed by atoms with Crippen LogP contribution in [0.3, 0.4) is 0 Å². The molecule has 0 spiro atoms. The molecule has 3 aromatic rings. The number of aromatic amines is 1. The predicted molar refractivity (Wildman–Crippen MR) is 101 cm³/mol. The quantitative estimate of drug-likeness (QED) is 0.748. The first-order chi connectivity index (χ1) is 12.0. The van der Waals surface area contributed by atoms with E-state index in [9.17, 15) is 9.59 Å². The summed E-state index contributed by atoms with van der Waals surface area (Å²) in [6, 6.07) is 17.6. The van der Waals surface area contributed by atoms with E-state index in [1.54, 1.807) is 0 Å². The van der Waals surface area contributed by atoms with Crippen molar-refractivity contribution in [3.8, 4) is 0 Å². The highest BCUT2D eigenvalue weighted by Gasteiger charge is 2.11. The van der Waals surface area contributed by atoms with Gasteiger partial charge in [-0.25, -0.2) is 0 Å². The summed E-state index contributed by atoms with van der Waals surface area (Å²) in [7, 11) is 0. The van der Waals surface area contributed by atoms with Gasteiger partial charge >= 0.3 is 0 Å². The van der Waals surface area contributed by atoms with E-state index in [2.05, 4.69) is 10.3 Å². The minimum Gasteiger partial charge on any atom is -0.350 e. The number of fused-ring (bicyclic) bond motifs is 1. The molecule has 0 aliphatic heterocycles. The van der Waals surface area contributed by atoms with Crippen LogP contribution in [-0.4, -0.2) is 10.9 Å². The zero-order valence-corrected chi connectivity index (χ0v) is 14.5. The van der Waals surface area contributed by atoms with Gasteiger partial charge in [0.25, 0.3) is 5.56 Å². The molecule has 0 fully saturated rings. The van der Waals surface area contributed by atoms with Crippen LogP contribution in [0.15, 0.2) is 59.4 Å². The van der Waals surface area contributed by atoms with Crippen molar-refractivity contribution < 1.29 is 4.79 Å². The van der Waals surface area contributed by atoms with Crippen molar-refractivity contribution >= 4 is 16.8 Å². The lowest BCUT2D eigenvalue weighted by atomic mass is 10.1. The van der Waals surface area contributed by atoms with Crippen LogP contribution in [0.4, 0.5) is 0 Å². The Kier molecular flexibility index (Phi) is 4.98. The Morgan fingerprint density at radius 2 is 1.88 bits per heavy atom. The SMILES string of the molecule is Cc1cccc2cc(CCC(=O)NC(C)c3ccccc3)c(=O)[nH]c12. The lowest BCUT2D eigenvalue weighted by molar-refractivity contribution is -0.121. The van der Waals surface area contributed by atoms with Gasteiger partial charge in [0.2, 0.25) is 5.91 Å². The Morgan fingerprint density at radius 1 is 1.12 bits per heavy atom. The normalized spacial score (nSPS) is 12.1. The summed E-state index contributed by atoms with van der Waals surface area (Å²) in [5, 5.41) is 3.97. The molecule has 0 aliphatic carbocycles. The lowest BCUT2D eigenvalue weighted by Crippen LogP contribution is -2.27. The first-order valence-electron chi connectivity index (χ1n) is 8.50. The van der Waals surface area contributed by atoms with Crippen LogP contribution >= 0.6 is 0 Å². The molecule has 0 saturated carbocycles. The first kappa shape index (κ1) is 17.0. The van der Waals surface area contributed by atoms with Gasteiger partial charge in [-0.05, 0) is 42.8 Å².